The van der Waals surface area contributed by atoms with E-state index in [1.54, 1.807) is 30.3 Å². The van der Waals surface area contributed by atoms with E-state index in [4.69, 9.17) is 16.0 Å². The number of nitrogens with zero attached hydrogens (tertiary/aromatic N) is 1. The quantitative estimate of drug-likeness (QED) is 0.432. The summed E-state index contributed by atoms with van der Waals surface area (Å²) in [6, 6.07) is 13.9. The lowest BCUT2D eigenvalue weighted by molar-refractivity contribution is -0.137. The summed E-state index contributed by atoms with van der Waals surface area (Å²) in [7, 11) is -3.90. The van der Waals surface area contributed by atoms with Crippen molar-refractivity contribution < 1.29 is 30.8 Å². The molecule has 1 fully saturated rings. The Labute approximate surface area is 211 Å². The molecule has 7 nitrogen and oxygen atoms in total. The van der Waals surface area contributed by atoms with Crippen LogP contribution in [0.4, 0.5) is 18.9 Å². The molecular formula is C24H23ClF3N3O4S. The van der Waals surface area contributed by atoms with E-state index in [9.17, 15) is 26.4 Å². The van der Waals surface area contributed by atoms with Crippen molar-refractivity contribution in [2.75, 3.05) is 18.4 Å². The summed E-state index contributed by atoms with van der Waals surface area (Å²) >= 11 is 5.82. The summed E-state index contributed by atoms with van der Waals surface area (Å²) in [6.07, 6.45) is -3.60. The van der Waals surface area contributed by atoms with E-state index < -0.39 is 21.8 Å². The number of nitrogens with one attached hydrogen (secondary N) is 2. The lowest BCUT2D eigenvalue weighted by Gasteiger charge is -2.31. The largest absolute Gasteiger partial charge is 0.446 e. The van der Waals surface area contributed by atoms with Crippen molar-refractivity contribution >= 4 is 33.2 Å². The van der Waals surface area contributed by atoms with Gasteiger partial charge in [0.2, 0.25) is 5.09 Å². The van der Waals surface area contributed by atoms with E-state index in [-0.39, 0.29) is 42.4 Å². The maximum Gasteiger partial charge on any atom is 0.416 e. The molecule has 12 heteroatoms. The number of furan rings is 1. The third-order valence-corrected chi connectivity index (χ3v) is 7.80. The number of sulfonamides is 1. The van der Waals surface area contributed by atoms with Gasteiger partial charge in [-0.05, 0) is 67.4 Å². The highest BCUT2D eigenvalue weighted by atomic mass is 35.5. The molecule has 0 radical (unpaired) electrons. The van der Waals surface area contributed by atoms with Gasteiger partial charge in [-0.3, -0.25) is 4.79 Å². The van der Waals surface area contributed by atoms with E-state index in [0.717, 1.165) is 12.1 Å². The fourth-order valence-electron chi connectivity index (χ4n) is 3.85. The number of hydrogen-bond acceptors (Lipinski definition) is 5. The number of rotatable bonds is 7. The summed E-state index contributed by atoms with van der Waals surface area (Å²) in [5.74, 6) is -0.0835. The molecule has 1 aromatic heterocycles. The van der Waals surface area contributed by atoms with Crippen LogP contribution >= 0.6 is 11.6 Å². The maximum atomic E-state index is 13.0. The molecule has 2 aromatic carbocycles. The topological polar surface area (TPSA) is 91.7 Å². The van der Waals surface area contributed by atoms with Crippen LogP contribution in [0.3, 0.4) is 0 Å². The molecule has 0 spiro atoms. The molecule has 0 atom stereocenters. The van der Waals surface area contributed by atoms with E-state index >= 15 is 0 Å². The Morgan fingerprint density at radius 1 is 1.06 bits per heavy atom. The number of piperidine rings is 1. The summed E-state index contributed by atoms with van der Waals surface area (Å²) in [6.45, 7) is 0.366. The molecule has 0 unspecified atom stereocenters. The number of amides is 1. The molecule has 4 rings (SSSR count). The first-order valence-corrected chi connectivity index (χ1v) is 12.9. The third-order valence-electron chi connectivity index (χ3n) is 5.78. The summed E-state index contributed by atoms with van der Waals surface area (Å²) < 4.78 is 71.6. The van der Waals surface area contributed by atoms with Gasteiger partial charge in [0, 0.05) is 35.4 Å². The predicted molar refractivity (Wildman–Crippen MR) is 128 cm³/mol. The molecule has 1 saturated heterocycles. The van der Waals surface area contributed by atoms with Crippen molar-refractivity contribution in [1.82, 2.24) is 9.62 Å². The standard InChI is InChI=1S/C24H23ClF3N3O4S/c25-18-6-4-16(5-7-18)23(32)29-15-21-8-9-22(35-21)36(33,34)31-12-10-19(11-13-31)30-20-3-1-2-17(14-20)24(26,27)28/h1-9,14,19,30H,10-13,15H2,(H,29,32). The van der Waals surface area contributed by atoms with Crippen molar-refractivity contribution in [2.45, 2.75) is 36.7 Å². The van der Waals surface area contributed by atoms with Crippen LogP contribution in [0.25, 0.3) is 0 Å². The first-order valence-electron chi connectivity index (χ1n) is 11.1. The minimum Gasteiger partial charge on any atom is -0.446 e. The van der Waals surface area contributed by atoms with E-state index in [0.29, 0.717) is 29.1 Å². The van der Waals surface area contributed by atoms with Crippen LogP contribution in [-0.2, 0) is 22.7 Å². The molecule has 2 N–H and O–H groups in total. The van der Waals surface area contributed by atoms with Gasteiger partial charge >= 0.3 is 6.18 Å². The fourth-order valence-corrected chi connectivity index (χ4v) is 5.38. The highest BCUT2D eigenvalue weighted by Crippen LogP contribution is 2.31. The Balaban J connectivity index is 1.31. The summed E-state index contributed by atoms with van der Waals surface area (Å²) in [5.41, 5.74) is -0.00615. The van der Waals surface area contributed by atoms with Gasteiger partial charge in [0.25, 0.3) is 15.9 Å². The van der Waals surface area contributed by atoms with Crippen LogP contribution in [-0.4, -0.2) is 37.8 Å². The minimum absolute atomic E-state index is 0.0000363. The lowest BCUT2D eigenvalue weighted by atomic mass is 10.1. The number of carbonyl (C=O) groups is 1. The van der Waals surface area contributed by atoms with Crippen molar-refractivity contribution in [3.05, 3.63) is 82.6 Å². The smallest absolute Gasteiger partial charge is 0.416 e. The zero-order valence-corrected chi connectivity index (χ0v) is 20.5. The molecular weight excluding hydrogens is 519 g/mol. The molecule has 1 amide bonds. The lowest BCUT2D eigenvalue weighted by Crippen LogP contribution is -2.42. The zero-order valence-electron chi connectivity index (χ0n) is 18.9. The molecule has 0 saturated carbocycles. The van der Waals surface area contributed by atoms with Crippen LogP contribution in [0.1, 0.15) is 34.5 Å². The fraction of sp³-hybridized carbons (Fsp3) is 0.292. The number of halogens is 4. The zero-order chi connectivity index (χ0) is 25.9. The first kappa shape index (κ1) is 26.1. The molecule has 2 heterocycles. The summed E-state index contributed by atoms with van der Waals surface area (Å²) in [5, 5.41) is 5.99. The molecule has 1 aliphatic heterocycles. The van der Waals surface area contributed by atoms with E-state index in [1.165, 1.54) is 22.5 Å². The Hall–Kier alpha value is -3.02. The number of carbonyl (C=O) groups excluding carboxylic acids is 1. The van der Waals surface area contributed by atoms with Crippen LogP contribution < -0.4 is 10.6 Å². The molecule has 0 bridgehead atoms. The normalized spacial score (nSPS) is 15.6. The van der Waals surface area contributed by atoms with Gasteiger partial charge in [0.15, 0.2) is 0 Å². The second-order valence-corrected chi connectivity index (χ2v) is 10.6. The molecule has 3 aromatic rings. The Bertz CT molecular complexity index is 1320. The Morgan fingerprint density at radius 3 is 2.42 bits per heavy atom. The van der Waals surface area contributed by atoms with Crippen molar-refractivity contribution in [3.63, 3.8) is 0 Å². The molecule has 192 valence electrons. The van der Waals surface area contributed by atoms with Crippen molar-refractivity contribution in [1.29, 1.82) is 0 Å². The van der Waals surface area contributed by atoms with Gasteiger partial charge in [-0.2, -0.15) is 17.5 Å². The Kier molecular flexibility index (Phi) is 7.62. The van der Waals surface area contributed by atoms with Gasteiger partial charge in [-0.25, -0.2) is 8.42 Å². The van der Waals surface area contributed by atoms with Crippen LogP contribution in [0, 0.1) is 0 Å². The minimum atomic E-state index is -4.43. The number of alkyl halides is 3. The number of benzene rings is 2. The molecule has 0 aliphatic carbocycles. The molecule has 36 heavy (non-hydrogen) atoms. The number of hydrogen-bond donors (Lipinski definition) is 2. The maximum absolute atomic E-state index is 13.0. The van der Waals surface area contributed by atoms with Crippen LogP contribution in [0.2, 0.25) is 5.02 Å². The van der Waals surface area contributed by atoms with Gasteiger partial charge in [-0.1, -0.05) is 17.7 Å². The van der Waals surface area contributed by atoms with Crippen LogP contribution in [0.5, 0.6) is 0 Å². The van der Waals surface area contributed by atoms with E-state index in [2.05, 4.69) is 10.6 Å². The van der Waals surface area contributed by atoms with Gasteiger partial charge in [0.05, 0.1) is 12.1 Å². The second-order valence-electron chi connectivity index (χ2n) is 8.31. The van der Waals surface area contributed by atoms with Crippen molar-refractivity contribution in [2.24, 2.45) is 0 Å². The van der Waals surface area contributed by atoms with Gasteiger partial charge in [-0.15, -0.1) is 0 Å². The monoisotopic (exact) mass is 541 g/mol. The first-order chi connectivity index (χ1) is 17.0. The average Bonchev–Trinajstić information content (AvgIpc) is 3.33. The van der Waals surface area contributed by atoms with Gasteiger partial charge < -0.3 is 15.1 Å². The SMILES string of the molecule is O=C(NCc1ccc(S(=O)(=O)N2CCC(Nc3cccc(C(F)(F)F)c3)CC2)o1)c1ccc(Cl)cc1. The molecule has 1 aliphatic rings. The number of anilines is 1. The van der Waals surface area contributed by atoms with Crippen LogP contribution in [0.15, 0.2) is 70.2 Å². The highest BCUT2D eigenvalue weighted by molar-refractivity contribution is 7.89. The summed E-state index contributed by atoms with van der Waals surface area (Å²) in [4.78, 5) is 12.2. The predicted octanol–water partition coefficient (Wildman–Crippen LogP) is 5.15. The second kappa shape index (κ2) is 10.5. The average molecular weight is 542 g/mol. The third kappa shape index (κ3) is 6.21. The highest BCUT2D eigenvalue weighted by Gasteiger charge is 2.33. The van der Waals surface area contributed by atoms with Crippen molar-refractivity contribution in [3.8, 4) is 0 Å². The van der Waals surface area contributed by atoms with E-state index in [1.807, 2.05) is 0 Å². The van der Waals surface area contributed by atoms with Gasteiger partial charge in [0.1, 0.15) is 5.76 Å². The Morgan fingerprint density at radius 2 is 1.75 bits per heavy atom.